The molecule has 0 nitrogen and oxygen atoms in total. The van der Waals surface area contributed by atoms with Gasteiger partial charge in [0.1, 0.15) is 0 Å². The Morgan fingerprint density at radius 3 is 2.43 bits per heavy atom. The Kier molecular flexibility index (Phi) is 4.74. The zero-order valence-electron chi connectivity index (χ0n) is 4.65. The Bertz CT molecular complexity index is 39.1. The van der Waals surface area contributed by atoms with E-state index in [0.29, 0.717) is 5.92 Å². The third-order valence-corrected chi connectivity index (χ3v) is 1.22. The third kappa shape index (κ3) is 4.20. The highest BCUT2D eigenvalue weighted by atomic mass is 35.5. The van der Waals surface area contributed by atoms with E-state index in [0.717, 1.165) is 18.6 Å². The lowest BCUT2D eigenvalue weighted by Gasteiger charge is -2.01. The van der Waals surface area contributed by atoms with Crippen LogP contribution in [0.25, 0.3) is 0 Å². The molecule has 0 aliphatic rings. The van der Waals surface area contributed by atoms with Crippen molar-refractivity contribution in [2.45, 2.75) is 19.7 Å². The van der Waals surface area contributed by atoms with E-state index >= 15 is 0 Å². The largest absolute Gasteiger partial charge is 0.127 e. The number of hydrogen-bond donors (Lipinski definition) is 0. The van der Waals surface area contributed by atoms with E-state index in [1.165, 1.54) is 0 Å². The summed E-state index contributed by atoms with van der Waals surface area (Å²) in [6.07, 6.45) is 1.80. The molecule has 1 unspecified atom stereocenters. The first-order chi connectivity index (χ1) is 3.31. The molecule has 0 saturated heterocycles. The quantitative estimate of drug-likeness (QED) is 0.390. The molecule has 0 aromatic heterocycles. The molecule has 0 rings (SSSR count). The van der Waals surface area contributed by atoms with Crippen molar-refractivity contribution in [1.29, 1.82) is 0 Å². The van der Waals surface area contributed by atoms with Gasteiger partial charge >= 0.3 is 0 Å². The summed E-state index contributed by atoms with van der Waals surface area (Å²) in [6.45, 7) is 2.10. The maximum atomic E-state index is 5.42. The highest BCUT2D eigenvalue weighted by Gasteiger charge is 1.93. The molecular weight excluding hydrogens is 106 g/mol. The van der Waals surface area contributed by atoms with Gasteiger partial charge < -0.3 is 0 Å². The lowest BCUT2D eigenvalue weighted by molar-refractivity contribution is 0.629. The first-order valence-electron chi connectivity index (χ1n) is 2.57. The summed E-state index contributed by atoms with van der Waals surface area (Å²) in [5.41, 5.74) is 0. The molecule has 0 spiro atoms. The summed E-state index contributed by atoms with van der Waals surface area (Å²) in [6, 6.07) is 0. The third-order valence-electron chi connectivity index (χ3n) is 1.00. The zero-order chi connectivity index (χ0) is 5.70. The summed E-state index contributed by atoms with van der Waals surface area (Å²) < 4.78 is 0. The van der Waals surface area contributed by atoms with Gasteiger partial charge in [-0.2, -0.15) is 0 Å². The van der Waals surface area contributed by atoms with Crippen LogP contribution in [0, 0.1) is 5.92 Å². The highest BCUT2D eigenvalue weighted by molar-refractivity contribution is 6.17. The van der Waals surface area contributed by atoms with Crippen LogP contribution in [0.2, 0.25) is 6.32 Å². The zero-order valence-corrected chi connectivity index (χ0v) is 5.41. The van der Waals surface area contributed by atoms with E-state index in [-0.39, 0.29) is 0 Å². The summed E-state index contributed by atoms with van der Waals surface area (Å²) in [4.78, 5) is 0. The summed E-state index contributed by atoms with van der Waals surface area (Å²) in [7, 11) is 5.30. The minimum Gasteiger partial charge on any atom is -0.127 e. The second-order valence-electron chi connectivity index (χ2n) is 1.82. The smallest absolute Gasteiger partial charge is 0.0656 e. The average molecular weight is 116 g/mol. The SMILES string of the molecule is [B]CC(C)CCCl. The van der Waals surface area contributed by atoms with Gasteiger partial charge in [0, 0.05) is 5.88 Å². The standard InChI is InChI=1S/C5H10BCl/c1-5(4-6)2-3-7/h5H,2-4H2,1H3. The van der Waals surface area contributed by atoms with Crippen molar-refractivity contribution in [2.24, 2.45) is 5.92 Å². The molecular formula is C5H10BCl. The van der Waals surface area contributed by atoms with Crippen LogP contribution in [0.4, 0.5) is 0 Å². The van der Waals surface area contributed by atoms with Gasteiger partial charge in [0.25, 0.3) is 0 Å². The van der Waals surface area contributed by atoms with E-state index in [1.807, 2.05) is 0 Å². The number of halogens is 1. The van der Waals surface area contributed by atoms with Crippen molar-refractivity contribution < 1.29 is 0 Å². The molecule has 40 valence electrons. The van der Waals surface area contributed by atoms with Gasteiger partial charge in [-0.3, -0.25) is 0 Å². The van der Waals surface area contributed by atoms with Crippen LogP contribution in [0.5, 0.6) is 0 Å². The lowest BCUT2D eigenvalue weighted by atomic mass is 9.91. The minimum absolute atomic E-state index is 0.595. The molecule has 2 heteroatoms. The van der Waals surface area contributed by atoms with Crippen LogP contribution in [0.1, 0.15) is 13.3 Å². The molecule has 0 fully saturated rings. The Labute approximate surface area is 51.7 Å². The molecule has 0 N–H and O–H groups in total. The van der Waals surface area contributed by atoms with E-state index in [1.54, 1.807) is 0 Å². The Hall–Kier alpha value is 0.355. The van der Waals surface area contributed by atoms with E-state index in [4.69, 9.17) is 19.4 Å². The highest BCUT2D eigenvalue weighted by Crippen LogP contribution is 2.05. The van der Waals surface area contributed by atoms with Crippen LogP contribution in [0.3, 0.4) is 0 Å². The molecule has 2 radical (unpaired) electrons. The van der Waals surface area contributed by atoms with Crippen LogP contribution in [-0.2, 0) is 0 Å². The average Bonchev–Trinajstić information content (AvgIpc) is 1.68. The fourth-order valence-corrected chi connectivity index (χ4v) is 0.677. The number of alkyl halides is 1. The van der Waals surface area contributed by atoms with Crippen molar-refractivity contribution in [3.8, 4) is 0 Å². The molecule has 0 amide bonds. The van der Waals surface area contributed by atoms with Gasteiger partial charge in [0.15, 0.2) is 0 Å². The maximum Gasteiger partial charge on any atom is 0.0656 e. The van der Waals surface area contributed by atoms with Gasteiger partial charge in [-0.1, -0.05) is 19.2 Å². The molecule has 0 aliphatic heterocycles. The molecule has 0 aromatic carbocycles. The van der Waals surface area contributed by atoms with Crippen molar-refractivity contribution in [2.75, 3.05) is 5.88 Å². The Balaban J connectivity index is 2.83. The van der Waals surface area contributed by atoms with Crippen LogP contribution >= 0.6 is 11.6 Å². The summed E-state index contributed by atoms with van der Waals surface area (Å²) in [5.74, 6) is 1.33. The second-order valence-corrected chi connectivity index (χ2v) is 2.20. The van der Waals surface area contributed by atoms with Crippen LogP contribution < -0.4 is 0 Å². The fraction of sp³-hybridized carbons (Fsp3) is 1.00. The first-order valence-corrected chi connectivity index (χ1v) is 3.10. The van der Waals surface area contributed by atoms with E-state index < -0.39 is 0 Å². The Morgan fingerprint density at radius 2 is 2.29 bits per heavy atom. The molecule has 0 aromatic rings. The van der Waals surface area contributed by atoms with Gasteiger partial charge in [-0.15, -0.1) is 11.6 Å². The molecule has 0 aliphatic carbocycles. The van der Waals surface area contributed by atoms with Gasteiger partial charge in [0.05, 0.1) is 7.85 Å². The van der Waals surface area contributed by atoms with E-state index in [2.05, 4.69) is 6.92 Å². The monoisotopic (exact) mass is 116 g/mol. The van der Waals surface area contributed by atoms with Crippen LogP contribution in [0.15, 0.2) is 0 Å². The van der Waals surface area contributed by atoms with E-state index in [9.17, 15) is 0 Å². The molecule has 0 bridgehead atoms. The summed E-state index contributed by atoms with van der Waals surface area (Å²) in [5, 5.41) is 0. The minimum atomic E-state index is 0.595. The lowest BCUT2D eigenvalue weighted by Crippen LogP contribution is -1.92. The second kappa shape index (κ2) is 4.51. The van der Waals surface area contributed by atoms with Crippen molar-refractivity contribution in [3.05, 3.63) is 0 Å². The predicted octanol–water partition coefficient (Wildman–Crippen LogP) is 1.84. The molecule has 7 heavy (non-hydrogen) atoms. The number of hydrogen-bond acceptors (Lipinski definition) is 0. The normalized spacial score (nSPS) is 14.0. The number of rotatable bonds is 3. The van der Waals surface area contributed by atoms with Crippen LogP contribution in [-0.4, -0.2) is 13.7 Å². The maximum absolute atomic E-state index is 5.42. The Morgan fingerprint density at radius 1 is 1.71 bits per heavy atom. The topological polar surface area (TPSA) is 0 Å². The van der Waals surface area contributed by atoms with Gasteiger partial charge in [0.2, 0.25) is 0 Å². The van der Waals surface area contributed by atoms with Crippen molar-refractivity contribution >= 4 is 19.4 Å². The van der Waals surface area contributed by atoms with Crippen molar-refractivity contribution in [3.63, 3.8) is 0 Å². The predicted molar refractivity (Wildman–Crippen MR) is 35.1 cm³/mol. The van der Waals surface area contributed by atoms with Crippen molar-refractivity contribution in [1.82, 2.24) is 0 Å². The molecule has 1 atom stereocenters. The molecule has 0 heterocycles. The fourth-order valence-electron chi connectivity index (χ4n) is 0.304. The molecule has 0 saturated carbocycles. The summed E-state index contributed by atoms with van der Waals surface area (Å²) >= 11 is 5.42. The first kappa shape index (κ1) is 7.35. The van der Waals surface area contributed by atoms with Gasteiger partial charge in [-0.05, 0) is 6.42 Å². The van der Waals surface area contributed by atoms with Gasteiger partial charge in [-0.25, -0.2) is 0 Å².